The van der Waals surface area contributed by atoms with Gasteiger partial charge in [0.15, 0.2) is 0 Å². The van der Waals surface area contributed by atoms with Crippen LogP contribution in [0, 0.1) is 5.39 Å². The second-order valence-corrected chi connectivity index (χ2v) is 2.98. The molecule has 0 N–H and O–H groups in total. The zero-order valence-corrected chi connectivity index (χ0v) is 8.25. The SMILES string of the molecule is CC(=O)N([N+]#N)C(=O)Cc1ccccc1. The number of imide groups is 1. The summed E-state index contributed by atoms with van der Waals surface area (Å²) in [6.45, 7) is 1.16. The monoisotopic (exact) mass is 204 g/mol. The fraction of sp³-hybridized carbons (Fsp3) is 0.200. The fourth-order valence-electron chi connectivity index (χ4n) is 1.13. The minimum Gasteiger partial charge on any atom is -0.267 e. The molecule has 0 saturated carbocycles. The molecule has 0 aromatic heterocycles. The van der Waals surface area contributed by atoms with Crippen molar-refractivity contribution in [3.8, 4) is 0 Å². The summed E-state index contributed by atoms with van der Waals surface area (Å²) in [7, 11) is 0. The minimum absolute atomic E-state index is 0.0322. The Balaban J connectivity index is 2.72. The molecule has 0 fully saturated rings. The molecule has 0 spiro atoms. The Labute approximate surface area is 86.9 Å². The lowest BCUT2D eigenvalue weighted by Crippen LogP contribution is -2.29. The summed E-state index contributed by atoms with van der Waals surface area (Å²) < 4.78 is 0. The van der Waals surface area contributed by atoms with Gasteiger partial charge < -0.3 is 0 Å². The van der Waals surface area contributed by atoms with E-state index in [0.29, 0.717) is 5.01 Å². The van der Waals surface area contributed by atoms with E-state index >= 15 is 0 Å². The molecule has 2 amide bonds. The third kappa shape index (κ3) is 2.88. The van der Waals surface area contributed by atoms with Crippen molar-refractivity contribution in [1.82, 2.24) is 5.01 Å². The number of carbonyl (C=O) groups is 2. The molecule has 0 saturated heterocycles. The molecule has 0 aliphatic carbocycles. The number of rotatable bonds is 2. The van der Waals surface area contributed by atoms with Gasteiger partial charge in [-0.3, -0.25) is 9.59 Å². The standard InChI is InChI=1S/C10H10N3O2/c1-8(14)13(12-11)10(15)7-9-5-3-2-4-6-9/h2-6H,7H2,1H3/q+1. The van der Waals surface area contributed by atoms with E-state index in [4.69, 9.17) is 5.39 Å². The predicted octanol–water partition coefficient (Wildman–Crippen LogP) is 1.37. The average Bonchev–Trinajstić information content (AvgIpc) is 2.19. The van der Waals surface area contributed by atoms with Crippen molar-refractivity contribution in [1.29, 1.82) is 5.39 Å². The number of benzene rings is 1. The van der Waals surface area contributed by atoms with Gasteiger partial charge in [-0.25, -0.2) is 0 Å². The number of hydrogen-bond donors (Lipinski definition) is 0. The van der Waals surface area contributed by atoms with Gasteiger partial charge in [0.25, 0.3) is 5.39 Å². The lowest BCUT2D eigenvalue weighted by atomic mass is 10.1. The number of nitrogens with zero attached hydrogens (tertiary/aromatic N) is 3. The van der Waals surface area contributed by atoms with Crippen molar-refractivity contribution in [3.63, 3.8) is 0 Å². The van der Waals surface area contributed by atoms with Crippen molar-refractivity contribution < 1.29 is 9.59 Å². The molecule has 0 aliphatic heterocycles. The highest BCUT2D eigenvalue weighted by Gasteiger charge is 2.29. The van der Waals surface area contributed by atoms with E-state index < -0.39 is 11.8 Å². The molecule has 1 aromatic carbocycles. The van der Waals surface area contributed by atoms with Gasteiger partial charge in [-0.05, 0) is 5.56 Å². The molecule has 0 bridgehead atoms. The van der Waals surface area contributed by atoms with Gasteiger partial charge in [-0.15, -0.1) is 0 Å². The van der Waals surface area contributed by atoms with Crippen LogP contribution in [0.3, 0.4) is 0 Å². The highest BCUT2D eigenvalue weighted by molar-refractivity contribution is 5.95. The van der Waals surface area contributed by atoms with E-state index in [1.165, 1.54) is 0 Å². The van der Waals surface area contributed by atoms with Gasteiger partial charge >= 0.3 is 16.9 Å². The first-order chi connectivity index (χ1) is 7.15. The first-order valence-electron chi connectivity index (χ1n) is 4.37. The minimum atomic E-state index is -0.613. The van der Waals surface area contributed by atoms with Crippen LogP contribution >= 0.6 is 0 Å². The van der Waals surface area contributed by atoms with Gasteiger partial charge in [0.2, 0.25) is 0 Å². The molecule has 76 valence electrons. The first kappa shape index (κ1) is 10.9. The normalized spacial score (nSPS) is 9.07. The Bertz CT molecular complexity index is 408. The molecule has 15 heavy (non-hydrogen) atoms. The average molecular weight is 204 g/mol. The lowest BCUT2D eigenvalue weighted by molar-refractivity contribution is -0.140. The van der Waals surface area contributed by atoms with Crippen molar-refractivity contribution in [3.05, 3.63) is 41.0 Å². The van der Waals surface area contributed by atoms with E-state index in [-0.39, 0.29) is 6.42 Å². The third-order valence-corrected chi connectivity index (χ3v) is 1.82. The van der Waals surface area contributed by atoms with Crippen molar-refractivity contribution in [2.45, 2.75) is 13.3 Å². The molecule has 0 heterocycles. The van der Waals surface area contributed by atoms with Gasteiger partial charge in [0.1, 0.15) is 5.01 Å². The van der Waals surface area contributed by atoms with E-state index in [2.05, 4.69) is 5.08 Å². The van der Waals surface area contributed by atoms with Crippen LogP contribution in [0.2, 0.25) is 0 Å². The number of amides is 2. The second-order valence-electron chi connectivity index (χ2n) is 2.98. The molecule has 1 rings (SSSR count). The summed E-state index contributed by atoms with van der Waals surface area (Å²) in [4.78, 5) is 22.3. The molecule has 0 radical (unpaired) electrons. The largest absolute Gasteiger partial charge is 0.322 e. The molecule has 5 nitrogen and oxygen atoms in total. The maximum Gasteiger partial charge on any atom is 0.322 e. The van der Waals surface area contributed by atoms with Crippen LogP contribution in [0.15, 0.2) is 30.3 Å². The first-order valence-corrected chi connectivity index (χ1v) is 4.37. The molecule has 0 aliphatic rings. The Morgan fingerprint density at radius 1 is 1.33 bits per heavy atom. The van der Waals surface area contributed by atoms with E-state index in [0.717, 1.165) is 12.5 Å². The summed E-state index contributed by atoms with van der Waals surface area (Å²) in [6.07, 6.45) is 0.0322. The summed E-state index contributed by atoms with van der Waals surface area (Å²) >= 11 is 0. The van der Waals surface area contributed by atoms with Gasteiger partial charge in [-0.1, -0.05) is 30.3 Å². The topological polar surface area (TPSA) is 65.5 Å². The zero-order valence-electron chi connectivity index (χ0n) is 8.25. The summed E-state index contributed by atoms with van der Waals surface area (Å²) in [6, 6.07) is 8.92. The fourth-order valence-corrected chi connectivity index (χ4v) is 1.13. The van der Waals surface area contributed by atoms with Crippen molar-refractivity contribution >= 4 is 11.8 Å². The van der Waals surface area contributed by atoms with Crippen LogP contribution in [0.5, 0.6) is 0 Å². The van der Waals surface area contributed by atoms with Crippen LogP contribution in [0.4, 0.5) is 0 Å². The quantitative estimate of drug-likeness (QED) is 0.539. The van der Waals surface area contributed by atoms with Gasteiger partial charge in [0, 0.05) is 6.92 Å². The molecular weight excluding hydrogens is 194 g/mol. The molecule has 1 aromatic rings. The summed E-state index contributed by atoms with van der Waals surface area (Å²) in [5.41, 5.74) is 0.761. The maximum absolute atomic E-state index is 11.4. The van der Waals surface area contributed by atoms with Crippen molar-refractivity contribution in [2.75, 3.05) is 0 Å². The Morgan fingerprint density at radius 2 is 1.93 bits per heavy atom. The van der Waals surface area contributed by atoms with Crippen LogP contribution < -0.4 is 0 Å². The second kappa shape index (κ2) is 4.86. The van der Waals surface area contributed by atoms with Crippen LogP contribution in [0.1, 0.15) is 12.5 Å². The predicted molar refractivity (Wildman–Crippen MR) is 52.8 cm³/mol. The highest BCUT2D eigenvalue weighted by Crippen LogP contribution is 2.03. The Hall–Kier alpha value is -2.22. The molecule has 5 heteroatoms. The number of carbonyl (C=O) groups excluding carboxylic acids is 2. The summed E-state index contributed by atoms with van der Waals surface area (Å²) in [5, 5.41) is 11.5. The van der Waals surface area contributed by atoms with Crippen LogP contribution in [-0.2, 0) is 16.0 Å². The van der Waals surface area contributed by atoms with Gasteiger partial charge in [-0.2, -0.15) is 0 Å². The smallest absolute Gasteiger partial charge is 0.267 e. The lowest BCUT2D eigenvalue weighted by Gasteiger charge is -1.99. The maximum atomic E-state index is 11.4. The molecule has 0 atom stereocenters. The number of diazo groups is 1. The van der Waals surface area contributed by atoms with Crippen LogP contribution in [0.25, 0.3) is 5.08 Å². The van der Waals surface area contributed by atoms with E-state index in [1.807, 2.05) is 6.07 Å². The molecule has 0 unspecified atom stereocenters. The van der Waals surface area contributed by atoms with E-state index in [1.54, 1.807) is 24.3 Å². The van der Waals surface area contributed by atoms with E-state index in [9.17, 15) is 9.59 Å². The zero-order chi connectivity index (χ0) is 11.3. The Morgan fingerprint density at radius 3 is 2.40 bits per heavy atom. The molecular formula is C10H10N3O2+. The number of hydrogen-bond acceptors (Lipinski definition) is 3. The highest BCUT2D eigenvalue weighted by atomic mass is 16.2. The van der Waals surface area contributed by atoms with Crippen LogP contribution in [-0.4, -0.2) is 16.8 Å². The third-order valence-electron chi connectivity index (χ3n) is 1.82. The van der Waals surface area contributed by atoms with Crippen molar-refractivity contribution in [2.24, 2.45) is 0 Å². The summed E-state index contributed by atoms with van der Waals surface area (Å²) in [5.74, 6) is -1.17. The van der Waals surface area contributed by atoms with Gasteiger partial charge in [0.05, 0.1) is 6.42 Å². The Kier molecular flexibility index (Phi) is 3.52.